The topological polar surface area (TPSA) is 141 Å². The number of rotatable bonds is 5. The zero-order valence-electron chi connectivity index (χ0n) is 16.8. The molecule has 5 N–H and O–H groups in total. The molecule has 12 heteroatoms. The first-order chi connectivity index (χ1) is 14.5. The number of sulfonamides is 1. The highest BCUT2D eigenvalue weighted by molar-refractivity contribution is 7.89. The van der Waals surface area contributed by atoms with Crippen LogP contribution in [0.5, 0.6) is 0 Å². The summed E-state index contributed by atoms with van der Waals surface area (Å²) in [7, 11) is -4.72. The molecule has 0 aliphatic heterocycles. The fourth-order valence-corrected chi connectivity index (χ4v) is 6.10. The third-order valence-corrected chi connectivity index (χ3v) is 7.57. The Kier molecular flexibility index (Phi) is 5.81. The predicted octanol–water partition coefficient (Wildman–Crippen LogP) is 2.93. The van der Waals surface area contributed by atoms with Crippen molar-refractivity contribution in [1.82, 2.24) is 20.6 Å². The van der Waals surface area contributed by atoms with Gasteiger partial charge in [-0.1, -0.05) is 6.07 Å². The molecule has 4 rings (SSSR count). The molecular weight excluding hydrogens is 433 g/mol. The summed E-state index contributed by atoms with van der Waals surface area (Å²) in [6.07, 6.45) is 1.65. The normalized spacial score (nSPS) is 27.1. The lowest BCUT2D eigenvalue weighted by Gasteiger charge is -2.37. The third kappa shape index (κ3) is 4.60. The Morgan fingerprint density at radius 1 is 1.10 bits per heavy atom. The van der Waals surface area contributed by atoms with Crippen LogP contribution in [0, 0.1) is 11.8 Å². The van der Waals surface area contributed by atoms with Gasteiger partial charge < -0.3 is 5.73 Å². The van der Waals surface area contributed by atoms with Crippen molar-refractivity contribution in [2.45, 2.75) is 68.0 Å². The lowest BCUT2D eigenvalue weighted by molar-refractivity contribution is -0.139. The second-order valence-electron chi connectivity index (χ2n) is 8.74. The van der Waals surface area contributed by atoms with Crippen molar-refractivity contribution in [2.75, 3.05) is 0 Å². The summed E-state index contributed by atoms with van der Waals surface area (Å²) in [5.74, 6) is 0.882. The van der Waals surface area contributed by atoms with E-state index in [-0.39, 0.29) is 17.3 Å². The summed E-state index contributed by atoms with van der Waals surface area (Å²) >= 11 is 0. The van der Waals surface area contributed by atoms with Gasteiger partial charge in [0.2, 0.25) is 15.8 Å². The van der Waals surface area contributed by atoms with Gasteiger partial charge in [0.25, 0.3) is 0 Å². The standard InChI is InChI=1S/C19H25F3N6O2S/c20-19(21,22)15-6-5-14(16(17(15)31(24,29)30)18-25-27-28-26-18)12-3-1-10(2-4-12)7-11-8-13(23)9-11/h5-6,10-13H,1-4,7-9,23H2,(H2,24,29,30)(H,25,26,27,28). The van der Waals surface area contributed by atoms with E-state index in [1.807, 2.05) is 0 Å². The Morgan fingerprint density at radius 3 is 2.29 bits per heavy atom. The van der Waals surface area contributed by atoms with Crippen molar-refractivity contribution in [1.29, 1.82) is 0 Å². The van der Waals surface area contributed by atoms with Gasteiger partial charge in [-0.15, -0.1) is 10.2 Å². The minimum Gasteiger partial charge on any atom is -0.328 e. The Bertz CT molecular complexity index is 1030. The number of nitrogens with one attached hydrogen (secondary N) is 1. The number of aromatic amines is 1. The quantitative estimate of drug-likeness (QED) is 0.629. The van der Waals surface area contributed by atoms with E-state index in [1.165, 1.54) is 6.07 Å². The molecule has 2 fully saturated rings. The number of benzene rings is 1. The first kappa shape index (κ1) is 22.2. The second kappa shape index (κ2) is 8.14. The van der Waals surface area contributed by atoms with Crippen molar-refractivity contribution in [2.24, 2.45) is 22.7 Å². The Labute approximate surface area is 178 Å². The van der Waals surface area contributed by atoms with Crippen LogP contribution in [0.3, 0.4) is 0 Å². The zero-order chi connectivity index (χ0) is 22.4. The van der Waals surface area contributed by atoms with Crippen LogP contribution in [0.4, 0.5) is 13.2 Å². The molecule has 170 valence electrons. The maximum absolute atomic E-state index is 13.6. The molecule has 2 saturated carbocycles. The summed E-state index contributed by atoms with van der Waals surface area (Å²) in [4.78, 5) is -0.996. The number of hydrogen-bond donors (Lipinski definition) is 3. The maximum atomic E-state index is 13.6. The molecule has 2 aliphatic rings. The van der Waals surface area contributed by atoms with Crippen molar-refractivity contribution >= 4 is 10.0 Å². The Hall–Kier alpha value is -2.05. The largest absolute Gasteiger partial charge is 0.417 e. The van der Waals surface area contributed by atoms with E-state index < -0.39 is 26.7 Å². The van der Waals surface area contributed by atoms with Crippen LogP contribution in [0.25, 0.3) is 11.4 Å². The molecule has 2 aromatic rings. The van der Waals surface area contributed by atoms with Crippen LogP contribution in [0.1, 0.15) is 62.0 Å². The lowest BCUT2D eigenvalue weighted by Crippen LogP contribution is -2.37. The zero-order valence-corrected chi connectivity index (χ0v) is 17.6. The number of primary sulfonamides is 1. The minimum atomic E-state index is -4.90. The molecule has 1 heterocycles. The van der Waals surface area contributed by atoms with E-state index in [2.05, 4.69) is 20.6 Å². The number of nitrogens with two attached hydrogens (primary N) is 2. The molecule has 0 bridgehead atoms. The number of aromatic nitrogens is 4. The van der Waals surface area contributed by atoms with E-state index in [4.69, 9.17) is 10.9 Å². The minimum absolute atomic E-state index is 0.115. The molecular formula is C19H25F3N6O2S. The molecule has 0 spiro atoms. The molecule has 31 heavy (non-hydrogen) atoms. The summed E-state index contributed by atoms with van der Waals surface area (Å²) in [5, 5.41) is 18.4. The van der Waals surface area contributed by atoms with E-state index in [0.717, 1.165) is 51.0 Å². The molecule has 0 unspecified atom stereocenters. The summed E-state index contributed by atoms with van der Waals surface area (Å²) < 4.78 is 65.4. The van der Waals surface area contributed by atoms with Crippen molar-refractivity contribution in [3.8, 4) is 11.4 Å². The van der Waals surface area contributed by atoms with Crippen LogP contribution >= 0.6 is 0 Å². The van der Waals surface area contributed by atoms with E-state index >= 15 is 0 Å². The van der Waals surface area contributed by atoms with Crippen LogP contribution in [-0.2, 0) is 16.2 Å². The summed E-state index contributed by atoms with van der Waals surface area (Å²) in [6, 6.07) is 2.43. The second-order valence-corrected chi connectivity index (χ2v) is 10.2. The van der Waals surface area contributed by atoms with Crippen molar-refractivity contribution in [3.63, 3.8) is 0 Å². The number of hydrogen-bond acceptors (Lipinski definition) is 6. The highest BCUT2D eigenvalue weighted by Gasteiger charge is 2.41. The lowest BCUT2D eigenvalue weighted by atomic mass is 9.70. The number of halogens is 3. The van der Waals surface area contributed by atoms with Crippen LogP contribution in [-0.4, -0.2) is 35.1 Å². The number of alkyl halides is 3. The van der Waals surface area contributed by atoms with Crippen LogP contribution in [0.15, 0.2) is 17.0 Å². The van der Waals surface area contributed by atoms with Gasteiger partial charge in [0, 0.05) is 11.6 Å². The van der Waals surface area contributed by atoms with Gasteiger partial charge in [-0.25, -0.2) is 13.6 Å². The van der Waals surface area contributed by atoms with E-state index in [9.17, 15) is 21.6 Å². The number of nitrogens with zero attached hydrogens (tertiary/aromatic N) is 3. The van der Waals surface area contributed by atoms with Gasteiger partial charge in [0.15, 0.2) is 0 Å². The average Bonchev–Trinajstić information content (AvgIpc) is 3.19. The molecule has 0 atom stereocenters. The molecule has 0 radical (unpaired) electrons. The Balaban J connectivity index is 1.68. The molecule has 1 aromatic carbocycles. The monoisotopic (exact) mass is 458 g/mol. The predicted molar refractivity (Wildman–Crippen MR) is 106 cm³/mol. The van der Waals surface area contributed by atoms with Gasteiger partial charge in [-0.3, -0.25) is 0 Å². The summed E-state index contributed by atoms with van der Waals surface area (Å²) in [6.45, 7) is 0. The molecule has 2 aliphatic carbocycles. The highest BCUT2D eigenvalue weighted by Crippen LogP contribution is 2.46. The van der Waals surface area contributed by atoms with Crippen molar-refractivity contribution in [3.05, 3.63) is 23.3 Å². The van der Waals surface area contributed by atoms with E-state index in [0.29, 0.717) is 23.4 Å². The maximum Gasteiger partial charge on any atom is 0.417 e. The Morgan fingerprint density at radius 2 is 1.77 bits per heavy atom. The average molecular weight is 459 g/mol. The van der Waals surface area contributed by atoms with Crippen LogP contribution in [0.2, 0.25) is 0 Å². The van der Waals surface area contributed by atoms with Gasteiger partial charge in [0.05, 0.1) is 5.56 Å². The fraction of sp³-hybridized carbons (Fsp3) is 0.632. The molecule has 0 amide bonds. The smallest absolute Gasteiger partial charge is 0.328 e. The first-order valence-corrected chi connectivity index (χ1v) is 11.8. The first-order valence-electron chi connectivity index (χ1n) is 10.3. The van der Waals surface area contributed by atoms with Gasteiger partial charge >= 0.3 is 6.18 Å². The third-order valence-electron chi connectivity index (χ3n) is 6.57. The SMILES string of the molecule is NC1CC(CC2CCC(c3ccc(C(F)(F)F)c(S(N)(=O)=O)c3-c3nn[nH]n3)CC2)C1. The molecule has 0 saturated heterocycles. The van der Waals surface area contributed by atoms with Crippen molar-refractivity contribution < 1.29 is 21.6 Å². The molecule has 8 nitrogen and oxygen atoms in total. The van der Waals surface area contributed by atoms with E-state index in [1.54, 1.807) is 0 Å². The van der Waals surface area contributed by atoms with Gasteiger partial charge in [-0.2, -0.15) is 18.4 Å². The highest BCUT2D eigenvalue weighted by atomic mass is 32.2. The molecule has 1 aromatic heterocycles. The summed E-state index contributed by atoms with van der Waals surface area (Å²) in [5.41, 5.74) is 4.79. The van der Waals surface area contributed by atoms with Gasteiger partial charge in [-0.05, 0) is 79.5 Å². The van der Waals surface area contributed by atoms with Crippen LogP contribution < -0.4 is 10.9 Å². The number of tetrazole rings is 1. The number of H-pyrrole nitrogens is 1. The van der Waals surface area contributed by atoms with Gasteiger partial charge in [0.1, 0.15) is 4.90 Å². The fourth-order valence-electron chi connectivity index (χ4n) is 5.12.